The van der Waals surface area contributed by atoms with Crippen molar-refractivity contribution >= 4 is 34.2 Å². The summed E-state index contributed by atoms with van der Waals surface area (Å²) in [6, 6.07) is 4.92. The molecule has 9 heteroatoms. The molecule has 3 rings (SSSR count). The summed E-state index contributed by atoms with van der Waals surface area (Å²) in [7, 11) is 0. The third-order valence-electron chi connectivity index (χ3n) is 3.89. The van der Waals surface area contributed by atoms with Crippen molar-refractivity contribution in [2.75, 3.05) is 0 Å². The van der Waals surface area contributed by atoms with Gasteiger partial charge in [-0.2, -0.15) is 0 Å². The molecule has 0 radical (unpaired) electrons. The number of ketones is 2. The number of pyridine rings is 1. The second kappa shape index (κ2) is 9.70. The van der Waals surface area contributed by atoms with Gasteiger partial charge >= 0.3 is 0 Å². The number of aromatic nitrogens is 5. The molecule has 3 heterocycles. The van der Waals surface area contributed by atoms with Crippen LogP contribution in [0.4, 0.5) is 0 Å². The molecule has 0 saturated heterocycles. The van der Waals surface area contributed by atoms with Gasteiger partial charge in [0.05, 0.1) is 12.8 Å². The van der Waals surface area contributed by atoms with Gasteiger partial charge in [-0.25, -0.2) is 4.98 Å². The molecule has 0 amide bonds. The van der Waals surface area contributed by atoms with Crippen LogP contribution in [-0.2, 0) is 25.7 Å². The molecule has 3 aromatic heterocycles. The average molecular weight is 416 g/mol. The predicted molar refractivity (Wildman–Crippen MR) is 108 cm³/mol. The molecule has 0 spiro atoms. The first-order chi connectivity index (χ1) is 13.6. The van der Waals surface area contributed by atoms with Crippen molar-refractivity contribution in [1.82, 2.24) is 25.4 Å². The highest BCUT2D eigenvalue weighted by atomic mass is 32.1. The Kier molecular flexibility index (Phi) is 7.05. The molecule has 0 aliphatic rings. The van der Waals surface area contributed by atoms with E-state index in [4.69, 9.17) is 0 Å². The van der Waals surface area contributed by atoms with E-state index in [1.807, 2.05) is 0 Å². The lowest BCUT2D eigenvalue weighted by Gasteiger charge is -2.02. The largest absolute Gasteiger partial charge is 0.292 e. The highest BCUT2D eigenvalue weighted by Crippen LogP contribution is 2.16. The molecule has 0 aliphatic carbocycles. The van der Waals surface area contributed by atoms with Crippen LogP contribution < -0.4 is 0 Å². The Morgan fingerprint density at radius 3 is 1.61 bits per heavy atom. The van der Waals surface area contributed by atoms with Gasteiger partial charge in [0.25, 0.3) is 0 Å². The third-order valence-corrected chi connectivity index (χ3v) is 5.86. The molecule has 0 bridgehead atoms. The third kappa shape index (κ3) is 5.32. The molecule has 0 fully saturated rings. The number of aryl methyl sites for hydroxylation is 2. The highest BCUT2D eigenvalue weighted by Gasteiger charge is 2.17. The van der Waals surface area contributed by atoms with Gasteiger partial charge in [-0.1, -0.05) is 19.9 Å². The van der Waals surface area contributed by atoms with E-state index in [9.17, 15) is 9.59 Å². The maximum Gasteiger partial charge on any atom is 0.188 e. The number of hydrogen-bond acceptors (Lipinski definition) is 9. The van der Waals surface area contributed by atoms with Gasteiger partial charge in [0, 0.05) is 12.8 Å². The van der Waals surface area contributed by atoms with Gasteiger partial charge in [0.2, 0.25) is 0 Å². The lowest BCUT2D eigenvalue weighted by molar-refractivity contribution is 0.0984. The van der Waals surface area contributed by atoms with Gasteiger partial charge in [0.1, 0.15) is 31.4 Å². The molecule has 7 nitrogen and oxygen atoms in total. The zero-order chi connectivity index (χ0) is 19.9. The summed E-state index contributed by atoms with van der Waals surface area (Å²) in [6.07, 6.45) is 3.98. The van der Waals surface area contributed by atoms with Crippen LogP contribution >= 0.6 is 22.7 Å². The monoisotopic (exact) mass is 415 g/mol. The van der Waals surface area contributed by atoms with Crippen molar-refractivity contribution in [2.24, 2.45) is 0 Å². The van der Waals surface area contributed by atoms with Crippen LogP contribution in [0.1, 0.15) is 67.7 Å². The number of Topliss-reactive ketones (excluding diaryl/α,β-unsaturated/α-hetero) is 2. The second-order valence-electron chi connectivity index (χ2n) is 6.29. The zero-order valence-corrected chi connectivity index (χ0v) is 17.5. The Labute approximate surface area is 171 Å². The van der Waals surface area contributed by atoms with E-state index in [1.165, 1.54) is 22.7 Å². The van der Waals surface area contributed by atoms with E-state index in [0.717, 1.165) is 35.7 Å². The molecular formula is C19H21N5O2S2. The number of carbonyl (C=O) groups is 2. The van der Waals surface area contributed by atoms with Crippen molar-refractivity contribution in [3.63, 3.8) is 0 Å². The summed E-state index contributed by atoms with van der Waals surface area (Å²) >= 11 is 2.89. The lowest BCUT2D eigenvalue weighted by atomic mass is 10.1. The minimum absolute atomic E-state index is 0.142. The minimum atomic E-state index is -0.171. The van der Waals surface area contributed by atoms with Crippen molar-refractivity contribution in [1.29, 1.82) is 0 Å². The Bertz CT molecular complexity index is 893. The van der Waals surface area contributed by atoms with Crippen LogP contribution in [0.3, 0.4) is 0 Å². The molecule has 0 unspecified atom stereocenters. The SMILES string of the molecule is CCCc1nnc(CC(=O)c2cccc(C(=O)Cc3nnc(CCC)s3)n2)s1. The van der Waals surface area contributed by atoms with Crippen LogP contribution in [0.2, 0.25) is 0 Å². The molecule has 146 valence electrons. The van der Waals surface area contributed by atoms with E-state index in [1.54, 1.807) is 18.2 Å². The van der Waals surface area contributed by atoms with Crippen LogP contribution in [0, 0.1) is 0 Å². The van der Waals surface area contributed by atoms with Gasteiger partial charge in [-0.05, 0) is 25.0 Å². The van der Waals surface area contributed by atoms with Gasteiger partial charge in [-0.15, -0.1) is 43.1 Å². The lowest BCUT2D eigenvalue weighted by Crippen LogP contribution is -2.11. The smallest absolute Gasteiger partial charge is 0.188 e. The van der Waals surface area contributed by atoms with E-state index >= 15 is 0 Å². The average Bonchev–Trinajstić information content (AvgIpc) is 3.32. The van der Waals surface area contributed by atoms with Crippen molar-refractivity contribution < 1.29 is 9.59 Å². The van der Waals surface area contributed by atoms with Crippen LogP contribution in [-0.4, -0.2) is 36.9 Å². The maximum absolute atomic E-state index is 12.5. The normalized spacial score (nSPS) is 10.9. The molecule has 3 aromatic rings. The summed E-state index contributed by atoms with van der Waals surface area (Å²) in [5, 5.41) is 19.5. The summed E-state index contributed by atoms with van der Waals surface area (Å²) in [4.78, 5) is 29.3. The quantitative estimate of drug-likeness (QED) is 0.467. The molecule has 0 aliphatic heterocycles. The maximum atomic E-state index is 12.5. The summed E-state index contributed by atoms with van der Waals surface area (Å²) in [5.74, 6) is -0.343. The Balaban J connectivity index is 1.66. The standard InChI is InChI=1S/C19H21N5O2S2/c1-3-6-16-21-23-18(27-16)10-14(25)12-8-5-9-13(20-12)15(26)11-19-24-22-17(28-19)7-4-2/h5,8-9H,3-4,6-7,10-11H2,1-2H3. The van der Waals surface area contributed by atoms with E-state index < -0.39 is 0 Å². The Morgan fingerprint density at radius 1 is 0.750 bits per heavy atom. The fraction of sp³-hybridized carbons (Fsp3) is 0.421. The van der Waals surface area contributed by atoms with Gasteiger partial charge in [0.15, 0.2) is 11.6 Å². The summed E-state index contributed by atoms with van der Waals surface area (Å²) in [6.45, 7) is 4.15. The predicted octanol–water partition coefficient (Wildman–Crippen LogP) is 3.54. The highest BCUT2D eigenvalue weighted by molar-refractivity contribution is 7.11. The number of nitrogens with zero attached hydrogens (tertiary/aromatic N) is 5. The molecule has 0 atom stereocenters. The Morgan fingerprint density at radius 2 is 1.18 bits per heavy atom. The summed E-state index contributed by atoms with van der Waals surface area (Å²) < 4.78 is 0. The van der Waals surface area contributed by atoms with E-state index in [-0.39, 0.29) is 35.8 Å². The molecule has 0 aromatic carbocycles. The Hall–Kier alpha value is -2.39. The van der Waals surface area contributed by atoms with Crippen molar-refractivity contribution in [3.05, 3.63) is 49.6 Å². The van der Waals surface area contributed by atoms with Crippen LogP contribution in [0.25, 0.3) is 0 Å². The van der Waals surface area contributed by atoms with Crippen molar-refractivity contribution in [2.45, 2.75) is 52.4 Å². The van der Waals surface area contributed by atoms with Gasteiger partial charge in [-0.3, -0.25) is 9.59 Å². The first-order valence-corrected chi connectivity index (χ1v) is 10.9. The zero-order valence-electron chi connectivity index (χ0n) is 15.8. The number of rotatable bonds is 10. The van der Waals surface area contributed by atoms with E-state index in [0.29, 0.717) is 10.0 Å². The summed E-state index contributed by atoms with van der Waals surface area (Å²) in [5.41, 5.74) is 0.532. The van der Waals surface area contributed by atoms with Crippen LogP contribution in [0.5, 0.6) is 0 Å². The molecule has 0 N–H and O–H groups in total. The minimum Gasteiger partial charge on any atom is -0.292 e. The first-order valence-electron chi connectivity index (χ1n) is 9.25. The molecule has 28 heavy (non-hydrogen) atoms. The van der Waals surface area contributed by atoms with E-state index in [2.05, 4.69) is 39.2 Å². The molecule has 0 saturated carbocycles. The fourth-order valence-electron chi connectivity index (χ4n) is 2.55. The first kappa shape index (κ1) is 20.3. The number of hydrogen-bond donors (Lipinski definition) is 0. The topological polar surface area (TPSA) is 98.6 Å². The molecular weight excluding hydrogens is 394 g/mol. The second-order valence-corrected chi connectivity index (χ2v) is 8.58. The van der Waals surface area contributed by atoms with Crippen LogP contribution in [0.15, 0.2) is 18.2 Å². The van der Waals surface area contributed by atoms with Crippen molar-refractivity contribution in [3.8, 4) is 0 Å². The van der Waals surface area contributed by atoms with Gasteiger partial charge < -0.3 is 0 Å². The fourth-order valence-corrected chi connectivity index (χ4v) is 4.44. The number of carbonyl (C=O) groups excluding carboxylic acids is 2.